The molecule has 1 heterocycles. The van der Waals surface area contributed by atoms with E-state index >= 15 is 0 Å². The zero-order chi connectivity index (χ0) is 15.6. The standard InChI is InChI=1S/C15H20ClNO4/c1-8(2)13-14(10(17)7-12(18)19)9(16)6-11-15(13)21-5-3-4-20-11/h6,8,10H,3-5,7,17H2,1-2H3,(H,18,19). The molecule has 1 aromatic rings. The molecule has 0 aromatic heterocycles. The van der Waals surface area contributed by atoms with Crippen molar-refractivity contribution in [3.8, 4) is 11.5 Å². The molecule has 2 rings (SSSR count). The molecule has 0 saturated heterocycles. The number of carboxylic acids is 1. The van der Waals surface area contributed by atoms with E-state index in [1.54, 1.807) is 6.07 Å². The third-order valence-electron chi connectivity index (χ3n) is 3.41. The smallest absolute Gasteiger partial charge is 0.305 e. The molecule has 0 bridgehead atoms. The maximum Gasteiger partial charge on any atom is 0.305 e. The van der Waals surface area contributed by atoms with Gasteiger partial charge in [-0.05, 0) is 11.5 Å². The number of aliphatic carboxylic acids is 1. The van der Waals surface area contributed by atoms with Gasteiger partial charge in [-0.3, -0.25) is 4.79 Å². The van der Waals surface area contributed by atoms with Crippen LogP contribution in [0.5, 0.6) is 11.5 Å². The molecule has 3 N–H and O–H groups in total. The molecule has 1 aliphatic heterocycles. The van der Waals surface area contributed by atoms with E-state index in [2.05, 4.69) is 0 Å². The second-order valence-corrected chi connectivity index (χ2v) is 5.83. The second-order valence-electron chi connectivity index (χ2n) is 5.42. The Morgan fingerprint density at radius 3 is 2.67 bits per heavy atom. The lowest BCUT2D eigenvalue weighted by Crippen LogP contribution is -2.18. The fraction of sp³-hybridized carbons (Fsp3) is 0.533. The summed E-state index contributed by atoms with van der Waals surface area (Å²) in [6, 6.07) is 0.995. The van der Waals surface area contributed by atoms with Crippen LogP contribution in [0.25, 0.3) is 0 Å². The minimum absolute atomic E-state index is 0.0917. The molecule has 1 atom stereocenters. The Bertz CT molecular complexity index is 545. The van der Waals surface area contributed by atoms with Crippen molar-refractivity contribution in [2.45, 2.75) is 38.6 Å². The third-order valence-corrected chi connectivity index (χ3v) is 3.72. The van der Waals surface area contributed by atoms with Crippen LogP contribution < -0.4 is 15.2 Å². The molecule has 0 fully saturated rings. The molecule has 21 heavy (non-hydrogen) atoms. The summed E-state index contributed by atoms with van der Waals surface area (Å²) >= 11 is 6.33. The highest BCUT2D eigenvalue weighted by atomic mass is 35.5. The average Bonchev–Trinajstić information content (AvgIpc) is 2.60. The number of benzene rings is 1. The van der Waals surface area contributed by atoms with Crippen LogP contribution in [0.2, 0.25) is 5.02 Å². The lowest BCUT2D eigenvalue weighted by atomic mass is 9.90. The SMILES string of the molecule is CC(C)c1c2c(cc(Cl)c1C(N)CC(=O)O)OCCCO2. The zero-order valence-corrected chi connectivity index (χ0v) is 12.9. The summed E-state index contributed by atoms with van der Waals surface area (Å²) in [5.74, 6) is 0.379. The van der Waals surface area contributed by atoms with Crippen LogP contribution in [-0.2, 0) is 4.79 Å². The van der Waals surface area contributed by atoms with Gasteiger partial charge in [-0.25, -0.2) is 0 Å². The monoisotopic (exact) mass is 313 g/mol. The van der Waals surface area contributed by atoms with Crippen LogP contribution in [0.3, 0.4) is 0 Å². The Labute approximate surface area is 129 Å². The van der Waals surface area contributed by atoms with Gasteiger partial charge in [0.1, 0.15) is 0 Å². The van der Waals surface area contributed by atoms with Crippen LogP contribution in [0.1, 0.15) is 49.8 Å². The van der Waals surface area contributed by atoms with E-state index in [9.17, 15) is 4.79 Å². The van der Waals surface area contributed by atoms with Gasteiger partial charge in [-0.1, -0.05) is 25.4 Å². The quantitative estimate of drug-likeness (QED) is 0.892. The Balaban J connectivity index is 2.58. The number of rotatable bonds is 4. The van der Waals surface area contributed by atoms with Crippen molar-refractivity contribution in [3.63, 3.8) is 0 Å². The van der Waals surface area contributed by atoms with Crippen LogP contribution in [0, 0.1) is 0 Å². The van der Waals surface area contributed by atoms with Crippen molar-refractivity contribution < 1.29 is 19.4 Å². The maximum absolute atomic E-state index is 10.9. The summed E-state index contributed by atoms with van der Waals surface area (Å²) in [4.78, 5) is 10.9. The number of carbonyl (C=O) groups is 1. The molecule has 5 nitrogen and oxygen atoms in total. The Kier molecular flexibility index (Phi) is 4.96. The van der Waals surface area contributed by atoms with Gasteiger partial charge in [0.25, 0.3) is 0 Å². The van der Waals surface area contributed by atoms with Gasteiger partial charge in [0.2, 0.25) is 0 Å². The lowest BCUT2D eigenvalue weighted by Gasteiger charge is -2.23. The normalized spacial score (nSPS) is 15.7. The number of ether oxygens (including phenoxy) is 2. The van der Waals surface area contributed by atoms with E-state index in [4.69, 9.17) is 31.9 Å². The lowest BCUT2D eigenvalue weighted by molar-refractivity contribution is -0.137. The van der Waals surface area contributed by atoms with Crippen molar-refractivity contribution in [2.24, 2.45) is 5.73 Å². The van der Waals surface area contributed by atoms with Crippen LogP contribution in [0.4, 0.5) is 0 Å². The van der Waals surface area contributed by atoms with Crippen molar-refractivity contribution >= 4 is 17.6 Å². The fourth-order valence-corrected chi connectivity index (χ4v) is 2.89. The molecule has 0 aliphatic carbocycles. The summed E-state index contributed by atoms with van der Waals surface area (Å²) in [6.45, 7) is 5.12. The second kappa shape index (κ2) is 6.54. The first-order chi connectivity index (χ1) is 9.91. The third kappa shape index (κ3) is 3.41. The van der Waals surface area contributed by atoms with Crippen LogP contribution in [0.15, 0.2) is 6.07 Å². The highest BCUT2D eigenvalue weighted by molar-refractivity contribution is 6.31. The van der Waals surface area contributed by atoms with E-state index in [1.165, 1.54) is 0 Å². The number of carboxylic acid groups (broad SMARTS) is 1. The van der Waals surface area contributed by atoms with Gasteiger partial charge in [-0.15, -0.1) is 0 Å². The number of nitrogens with two attached hydrogens (primary N) is 1. The molecule has 0 radical (unpaired) electrons. The molecule has 116 valence electrons. The number of fused-ring (bicyclic) bond motifs is 1. The van der Waals surface area contributed by atoms with Gasteiger partial charge < -0.3 is 20.3 Å². The van der Waals surface area contributed by atoms with Gasteiger partial charge in [0, 0.05) is 29.1 Å². The highest BCUT2D eigenvalue weighted by Gasteiger charge is 2.27. The first-order valence-electron chi connectivity index (χ1n) is 7.01. The summed E-state index contributed by atoms with van der Waals surface area (Å²) < 4.78 is 11.5. The minimum Gasteiger partial charge on any atom is -0.489 e. The number of halogens is 1. The maximum atomic E-state index is 10.9. The Hall–Kier alpha value is -1.46. The number of hydrogen-bond acceptors (Lipinski definition) is 4. The topological polar surface area (TPSA) is 81.8 Å². The first-order valence-corrected chi connectivity index (χ1v) is 7.38. The predicted molar refractivity (Wildman–Crippen MR) is 80.3 cm³/mol. The van der Waals surface area contributed by atoms with Crippen molar-refractivity contribution in [2.75, 3.05) is 13.2 Å². The van der Waals surface area contributed by atoms with Crippen LogP contribution in [-0.4, -0.2) is 24.3 Å². The molecule has 0 saturated carbocycles. The fourth-order valence-electron chi connectivity index (χ4n) is 2.55. The summed E-state index contributed by atoms with van der Waals surface area (Å²) in [5, 5.41) is 9.40. The molecule has 0 amide bonds. The van der Waals surface area contributed by atoms with Gasteiger partial charge in [-0.2, -0.15) is 0 Å². The summed E-state index contributed by atoms with van der Waals surface area (Å²) in [6.07, 6.45) is 0.611. The van der Waals surface area contributed by atoms with Gasteiger partial charge in [0.15, 0.2) is 11.5 Å². The molecule has 1 aliphatic rings. The van der Waals surface area contributed by atoms with E-state index in [0.717, 1.165) is 12.0 Å². The molecule has 6 heteroatoms. The van der Waals surface area contributed by atoms with Crippen molar-refractivity contribution in [1.82, 2.24) is 0 Å². The van der Waals surface area contributed by atoms with E-state index < -0.39 is 12.0 Å². The number of hydrogen-bond donors (Lipinski definition) is 2. The van der Waals surface area contributed by atoms with E-state index in [0.29, 0.717) is 35.3 Å². The van der Waals surface area contributed by atoms with Gasteiger partial charge >= 0.3 is 5.97 Å². The van der Waals surface area contributed by atoms with Crippen LogP contribution >= 0.6 is 11.6 Å². The largest absolute Gasteiger partial charge is 0.489 e. The zero-order valence-electron chi connectivity index (χ0n) is 12.2. The average molecular weight is 314 g/mol. The van der Waals surface area contributed by atoms with E-state index in [-0.39, 0.29) is 12.3 Å². The molecule has 1 aromatic carbocycles. The van der Waals surface area contributed by atoms with Crippen molar-refractivity contribution in [1.29, 1.82) is 0 Å². The molecular formula is C15H20ClNO4. The molecular weight excluding hydrogens is 294 g/mol. The highest BCUT2D eigenvalue weighted by Crippen LogP contribution is 2.45. The Morgan fingerprint density at radius 1 is 1.38 bits per heavy atom. The minimum atomic E-state index is -0.958. The molecule has 0 spiro atoms. The van der Waals surface area contributed by atoms with Crippen molar-refractivity contribution in [3.05, 3.63) is 22.2 Å². The summed E-state index contributed by atoms with van der Waals surface area (Å²) in [7, 11) is 0. The molecule has 1 unspecified atom stereocenters. The first kappa shape index (κ1) is 15.9. The Morgan fingerprint density at radius 2 is 2.05 bits per heavy atom. The van der Waals surface area contributed by atoms with Gasteiger partial charge in [0.05, 0.1) is 19.6 Å². The predicted octanol–water partition coefficient (Wildman–Crippen LogP) is 3.10. The van der Waals surface area contributed by atoms with E-state index in [1.807, 2.05) is 13.8 Å². The summed E-state index contributed by atoms with van der Waals surface area (Å²) in [5.41, 5.74) is 7.52.